The zero-order valence-corrected chi connectivity index (χ0v) is 12.3. The second-order valence-electron chi connectivity index (χ2n) is 4.96. The second-order valence-corrected chi connectivity index (χ2v) is 4.96. The van der Waals surface area contributed by atoms with E-state index in [1.165, 1.54) is 0 Å². The Morgan fingerprint density at radius 1 is 1.40 bits per heavy atom. The van der Waals surface area contributed by atoms with Crippen molar-refractivity contribution in [2.45, 2.75) is 38.8 Å². The first kappa shape index (κ1) is 14.5. The molecular formula is C15H22N4O. The Bertz CT molecular complexity index is 552. The molecule has 2 atom stereocenters. The molecule has 2 rings (SSSR count). The molecule has 0 aliphatic heterocycles. The summed E-state index contributed by atoms with van der Waals surface area (Å²) < 4.78 is 7.24. The zero-order valence-electron chi connectivity index (χ0n) is 12.3. The van der Waals surface area contributed by atoms with Crippen molar-refractivity contribution in [1.82, 2.24) is 14.8 Å². The van der Waals surface area contributed by atoms with Gasteiger partial charge in [-0.3, -0.25) is 4.68 Å². The molecule has 0 fully saturated rings. The van der Waals surface area contributed by atoms with Gasteiger partial charge in [-0.1, -0.05) is 13.0 Å². The summed E-state index contributed by atoms with van der Waals surface area (Å²) in [6.07, 6.45) is 5.44. The van der Waals surface area contributed by atoms with Gasteiger partial charge in [0.25, 0.3) is 0 Å². The smallest absolute Gasteiger partial charge is 0.217 e. The van der Waals surface area contributed by atoms with Gasteiger partial charge in [-0.15, -0.1) is 0 Å². The minimum atomic E-state index is -0.168. The number of hydrogen-bond donors (Lipinski definition) is 1. The van der Waals surface area contributed by atoms with Crippen molar-refractivity contribution in [3.05, 3.63) is 41.9 Å². The number of rotatable bonds is 6. The molecule has 2 aromatic rings. The van der Waals surface area contributed by atoms with Crippen LogP contribution in [0.2, 0.25) is 0 Å². The Kier molecular flexibility index (Phi) is 4.74. The van der Waals surface area contributed by atoms with Crippen LogP contribution in [0.15, 0.2) is 30.6 Å². The summed E-state index contributed by atoms with van der Waals surface area (Å²) in [4.78, 5) is 4.18. The molecule has 0 saturated carbocycles. The average Bonchev–Trinajstić information content (AvgIpc) is 2.94. The number of hydrogen-bond acceptors (Lipinski definition) is 4. The fraction of sp³-hybridized carbons (Fsp3) is 0.467. The Morgan fingerprint density at radius 2 is 2.20 bits per heavy atom. The van der Waals surface area contributed by atoms with Crippen LogP contribution >= 0.6 is 0 Å². The summed E-state index contributed by atoms with van der Waals surface area (Å²) >= 11 is 0. The van der Waals surface area contributed by atoms with E-state index in [2.05, 4.69) is 23.9 Å². The first-order valence-corrected chi connectivity index (χ1v) is 6.94. The fourth-order valence-electron chi connectivity index (χ4n) is 2.11. The molecule has 0 radical (unpaired) electrons. The van der Waals surface area contributed by atoms with E-state index in [1.54, 1.807) is 13.3 Å². The van der Waals surface area contributed by atoms with E-state index in [1.807, 2.05) is 29.1 Å². The summed E-state index contributed by atoms with van der Waals surface area (Å²) in [5.74, 6) is 0.585. The standard InChI is InChI=1S/C15H22N4O/c1-4-11(2)19-9-7-12(18-19)10-14(16)13-6-5-8-17-15(13)20-3/h5-9,11,14H,4,10,16H2,1-3H3. The van der Waals surface area contributed by atoms with Crippen molar-refractivity contribution < 1.29 is 4.74 Å². The lowest BCUT2D eigenvalue weighted by atomic mass is 10.0. The number of nitrogens with two attached hydrogens (primary N) is 1. The maximum absolute atomic E-state index is 6.25. The molecule has 0 amide bonds. The average molecular weight is 274 g/mol. The third kappa shape index (κ3) is 3.17. The van der Waals surface area contributed by atoms with Crippen LogP contribution in [-0.2, 0) is 6.42 Å². The van der Waals surface area contributed by atoms with Gasteiger partial charge in [0.2, 0.25) is 5.88 Å². The molecule has 0 aromatic carbocycles. The minimum absolute atomic E-state index is 0.168. The SMILES string of the molecule is CCC(C)n1ccc(CC(N)c2cccnc2OC)n1. The summed E-state index contributed by atoms with van der Waals surface area (Å²) in [7, 11) is 1.61. The third-order valence-electron chi connectivity index (χ3n) is 3.53. The fourth-order valence-corrected chi connectivity index (χ4v) is 2.11. The molecule has 0 aliphatic rings. The van der Waals surface area contributed by atoms with E-state index >= 15 is 0 Å². The highest BCUT2D eigenvalue weighted by atomic mass is 16.5. The maximum Gasteiger partial charge on any atom is 0.217 e. The van der Waals surface area contributed by atoms with Crippen molar-refractivity contribution in [3.63, 3.8) is 0 Å². The molecule has 20 heavy (non-hydrogen) atoms. The molecule has 0 spiro atoms. The Labute approximate surface area is 119 Å². The Hall–Kier alpha value is -1.88. The van der Waals surface area contributed by atoms with Crippen LogP contribution in [0, 0.1) is 0 Å². The lowest BCUT2D eigenvalue weighted by Gasteiger charge is -2.13. The van der Waals surface area contributed by atoms with Gasteiger partial charge >= 0.3 is 0 Å². The first-order chi connectivity index (χ1) is 9.65. The lowest BCUT2D eigenvalue weighted by Crippen LogP contribution is -2.15. The van der Waals surface area contributed by atoms with Gasteiger partial charge in [0, 0.05) is 36.5 Å². The van der Waals surface area contributed by atoms with Crippen LogP contribution in [-0.4, -0.2) is 21.9 Å². The molecular weight excluding hydrogens is 252 g/mol. The van der Waals surface area contributed by atoms with Crippen molar-refractivity contribution >= 4 is 0 Å². The molecule has 0 saturated heterocycles. The van der Waals surface area contributed by atoms with Crippen LogP contribution in [0.5, 0.6) is 5.88 Å². The topological polar surface area (TPSA) is 66.0 Å². The van der Waals surface area contributed by atoms with Gasteiger partial charge in [0.05, 0.1) is 12.8 Å². The molecule has 0 bridgehead atoms. The van der Waals surface area contributed by atoms with Crippen LogP contribution < -0.4 is 10.5 Å². The molecule has 2 unspecified atom stereocenters. The summed E-state index contributed by atoms with van der Waals surface area (Å²) in [5, 5.41) is 4.58. The van der Waals surface area contributed by atoms with Crippen molar-refractivity contribution in [3.8, 4) is 5.88 Å². The molecule has 5 nitrogen and oxygen atoms in total. The van der Waals surface area contributed by atoms with Crippen molar-refractivity contribution in [1.29, 1.82) is 0 Å². The molecule has 2 aromatic heterocycles. The van der Waals surface area contributed by atoms with Gasteiger partial charge in [-0.2, -0.15) is 5.10 Å². The minimum Gasteiger partial charge on any atom is -0.481 e. The second kappa shape index (κ2) is 6.52. The molecule has 2 N–H and O–H groups in total. The van der Waals surface area contributed by atoms with Crippen molar-refractivity contribution in [2.24, 2.45) is 5.73 Å². The number of pyridine rings is 1. The summed E-state index contributed by atoms with van der Waals surface area (Å²) in [6, 6.07) is 6.08. The third-order valence-corrected chi connectivity index (χ3v) is 3.53. The number of aromatic nitrogens is 3. The van der Waals surface area contributed by atoms with Gasteiger partial charge in [-0.25, -0.2) is 4.98 Å². The van der Waals surface area contributed by atoms with Gasteiger partial charge in [0.15, 0.2) is 0 Å². The van der Waals surface area contributed by atoms with Crippen LogP contribution in [0.25, 0.3) is 0 Å². The zero-order chi connectivity index (χ0) is 14.5. The van der Waals surface area contributed by atoms with E-state index in [9.17, 15) is 0 Å². The monoisotopic (exact) mass is 274 g/mol. The summed E-state index contributed by atoms with van der Waals surface area (Å²) in [5.41, 5.74) is 8.15. The normalized spacial score (nSPS) is 14.0. The molecule has 2 heterocycles. The molecule has 108 valence electrons. The van der Waals surface area contributed by atoms with Crippen LogP contribution in [0.3, 0.4) is 0 Å². The Morgan fingerprint density at radius 3 is 2.90 bits per heavy atom. The Balaban J connectivity index is 2.11. The van der Waals surface area contributed by atoms with Gasteiger partial charge in [-0.05, 0) is 25.5 Å². The van der Waals surface area contributed by atoms with E-state index in [-0.39, 0.29) is 6.04 Å². The quantitative estimate of drug-likeness (QED) is 0.879. The predicted octanol–water partition coefficient (Wildman–Crippen LogP) is 2.50. The lowest BCUT2D eigenvalue weighted by molar-refractivity contribution is 0.388. The summed E-state index contributed by atoms with van der Waals surface area (Å²) in [6.45, 7) is 4.30. The van der Waals surface area contributed by atoms with E-state index in [0.717, 1.165) is 17.7 Å². The maximum atomic E-state index is 6.25. The van der Waals surface area contributed by atoms with Crippen LogP contribution in [0.4, 0.5) is 0 Å². The molecule has 0 aliphatic carbocycles. The highest BCUT2D eigenvalue weighted by Crippen LogP contribution is 2.23. The van der Waals surface area contributed by atoms with E-state index < -0.39 is 0 Å². The van der Waals surface area contributed by atoms with E-state index in [4.69, 9.17) is 10.5 Å². The predicted molar refractivity (Wildman–Crippen MR) is 78.7 cm³/mol. The first-order valence-electron chi connectivity index (χ1n) is 6.94. The highest BCUT2D eigenvalue weighted by Gasteiger charge is 2.15. The van der Waals surface area contributed by atoms with Gasteiger partial charge < -0.3 is 10.5 Å². The molecule has 5 heteroatoms. The number of ether oxygens (including phenoxy) is 1. The number of methoxy groups -OCH3 is 1. The highest BCUT2D eigenvalue weighted by molar-refractivity contribution is 5.29. The van der Waals surface area contributed by atoms with Gasteiger partial charge in [0.1, 0.15) is 0 Å². The largest absolute Gasteiger partial charge is 0.481 e. The van der Waals surface area contributed by atoms with Crippen molar-refractivity contribution in [2.75, 3.05) is 7.11 Å². The number of nitrogens with zero attached hydrogens (tertiary/aromatic N) is 3. The van der Waals surface area contributed by atoms with Crippen LogP contribution in [0.1, 0.15) is 43.6 Å². The van der Waals surface area contributed by atoms with E-state index in [0.29, 0.717) is 18.3 Å².